The largest absolute Gasteiger partial charge is 0.406 e. The van der Waals surface area contributed by atoms with Crippen molar-refractivity contribution in [2.24, 2.45) is 0 Å². The van der Waals surface area contributed by atoms with Gasteiger partial charge in [0.1, 0.15) is 0 Å². The summed E-state index contributed by atoms with van der Waals surface area (Å²) >= 11 is 0. The summed E-state index contributed by atoms with van der Waals surface area (Å²) in [6.45, 7) is 0.488. The van der Waals surface area contributed by atoms with E-state index in [1.807, 2.05) is 0 Å². The van der Waals surface area contributed by atoms with Crippen LogP contribution in [0.15, 0.2) is 0 Å². The van der Waals surface area contributed by atoms with Crippen molar-refractivity contribution in [1.82, 2.24) is 0 Å². The molecule has 0 saturated heterocycles. The number of hydrogen-bond donors (Lipinski definition) is 0. The summed E-state index contributed by atoms with van der Waals surface area (Å²) in [4.78, 5) is 0. The van der Waals surface area contributed by atoms with Crippen LogP contribution in [0.1, 0.15) is 6.92 Å². The Balaban J connectivity index is 4.56. The molecule has 1 atom stereocenters. The Morgan fingerprint density at radius 2 is 1.70 bits per heavy atom. The molecular weight excluding hydrogens is 193 g/mol. The smallest absolute Gasteiger partial charge is 0.212 e. The molecule has 0 spiro atoms. The highest BCUT2D eigenvalue weighted by Crippen LogP contribution is 2.27. The fraction of sp³-hybridized carbons (Fsp3) is 1.00. The molecule has 2 nitrogen and oxygen atoms in total. The molecule has 0 fully saturated rings. The van der Waals surface area contributed by atoms with E-state index in [-0.39, 0.29) is 0 Å². The Labute approximate surface area is 60.4 Å². The maximum absolute atomic E-state index is 11.5. The molecule has 0 bridgehead atoms. The minimum Gasteiger partial charge on any atom is -0.212 e. The van der Waals surface area contributed by atoms with Gasteiger partial charge in [0.15, 0.2) is 5.25 Å². The summed E-state index contributed by atoms with van der Waals surface area (Å²) in [5.74, 6) is 0. The first-order valence-corrected chi connectivity index (χ1v) is 4.53. The standard InChI is InChI=1S/C3H4ClF3O2S/c1-2(3(5,6)7)10(4,8)9/h2H,1H3/t2-/m0/s1. The van der Waals surface area contributed by atoms with Crippen LogP contribution in [0.2, 0.25) is 0 Å². The predicted octanol–water partition coefficient (Wildman–Crippen LogP) is 1.51. The molecule has 0 heterocycles. The normalized spacial score (nSPS) is 16.9. The summed E-state index contributed by atoms with van der Waals surface area (Å²) in [5, 5.41) is -2.50. The highest BCUT2D eigenvalue weighted by atomic mass is 35.7. The van der Waals surface area contributed by atoms with Crippen LogP contribution in [0, 0.1) is 0 Å². The van der Waals surface area contributed by atoms with Crippen LogP contribution in [0.25, 0.3) is 0 Å². The lowest BCUT2D eigenvalue weighted by atomic mass is 10.5. The summed E-state index contributed by atoms with van der Waals surface area (Å²) in [7, 11) is -0.0928. The third kappa shape index (κ3) is 2.74. The number of rotatable bonds is 1. The molecule has 0 rings (SSSR count). The zero-order chi connectivity index (χ0) is 8.58. The van der Waals surface area contributed by atoms with E-state index in [0.29, 0.717) is 6.92 Å². The first-order chi connectivity index (χ1) is 4.15. The number of halogens is 4. The van der Waals surface area contributed by atoms with Crippen LogP contribution in [0.3, 0.4) is 0 Å². The van der Waals surface area contributed by atoms with Gasteiger partial charge in [-0.25, -0.2) is 8.42 Å². The lowest BCUT2D eigenvalue weighted by Crippen LogP contribution is -2.30. The Morgan fingerprint density at radius 3 is 1.70 bits per heavy atom. The Kier molecular flexibility index (Phi) is 2.59. The molecule has 0 aliphatic carbocycles. The van der Waals surface area contributed by atoms with Gasteiger partial charge in [-0.1, -0.05) is 0 Å². The Hall–Kier alpha value is 0.0300. The topological polar surface area (TPSA) is 34.1 Å². The molecule has 0 saturated carbocycles. The Bertz CT molecular complexity index is 206. The van der Waals surface area contributed by atoms with E-state index in [0.717, 1.165) is 0 Å². The van der Waals surface area contributed by atoms with Gasteiger partial charge >= 0.3 is 6.18 Å². The summed E-state index contributed by atoms with van der Waals surface area (Å²) in [6, 6.07) is 0. The van der Waals surface area contributed by atoms with Crippen molar-refractivity contribution in [3.8, 4) is 0 Å². The van der Waals surface area contributed by atoms with Crippen molar-refractivity contribution >= 4 is 19.7 Å². The van der Waals surface area contributed by atoms with E-state index in [1.54, 1.807) is 0 Å². The van der Waals surface area contributed by atoms with Crippen LogP contribution >= 0.6 is 10.7 Å². The maximum atomic E-state index is 11.5. The first-order valence-electron chi connectivity index (χ1n) is 2.16. The zero-order valence-electron chi connectivity index (χ0n) is 4.81. The fourth-order valence-electron chi connectivity index (χ4n) is 0.160. The van der Waals surface area contributed by atoms with Crippen molar-refractivity contribution in [2.45, 2.75) is 18.3 Å². The lowest BCUT2D eigenvalue weighted by molar-refractivity contribution is -0.126. The molecule has 0 aromatic heterocycles. The quantitative estimate of drug-likeness (QED) is 0.596. The van der Waals surface area contributed by atoms with Gasteiger partial charge < -0.3 is 0 Å². The van der Waals surface area contributed by atoms with Crippen molar-refractivity contribution in [1.29, 1.82) is 0 Å². The van der Waals surface area contributed by atoms with Crippen LogP contribution in [-0.2, 0) is 9.05 Å². The van der Waals surface area contributed by atoms with E-state index in [2.05, 4.69) is 10.7 Å². The molecule has 0 N–H and O–H groups in total. The van der Waals surface area contributed by atoms with Crippen LogP contribution < -0.4 is 0 Å². The third-order valence-corrected chi connectivity index (χ3v) is 2.80. The highest BCUT2D eigenvalue weighted by Gasteiger charge is 2.44. The maximum Gasteiger partial charge on any atom is 0.406 e. The van der Waals surface area contributed by atoms with Crippen LogP contribution in [0.4, 0.5) is 13.2 Å². The molecule has 0 radical (unpaired) electrons. The minimum absolute atomic E-state index is 0.488. The second-order valence-electron chi connectivity index (χ2n) is 1.66. The van der Waals surface area contributed by atoms with Crippen molar-refractivity contribution < 1.29 is 21.6 Å². The van der Waals surface area contributed by atoms with Crippen molar-refractivity contribution in [3.05, 3.63) is 0 Å². The van der Waals surface area contributed by atoms with Crippen LogP contribution in [0.5, 0.6) is 0 Å². The van der Waals surface area contributed by atoms with Crippen molar-refractivity contribution in [3.63, 3.8) is 0 Å². The molecule has 0 aliphatic heterocycles. The zero-order valence-corrected chi connectivity index (χ0v) is 6.39. The molecule has 62 valence electrons. The predicted molar refractivity (Wildman–Crippen MR) is 30.3 cm³/mol. The molecular formula is C3H4ClF3O2S. The van der Waals surface area contributed by atoms with E-state index in [1.165, 1.54) is 0 Å². The average molecular weight is 197 g/mol. The van der Waals surface area contributed by atoms with E-state index < -0.39 is 20.5 Å². The summed E-state index contributed by atoms with van der Waals surface area (Å²) in [5.41, 5.74) is 0. The molecule has 0 aromatic carbocycles. The molecule has 0 aliphatic rings. The first kappa shape index (κ1) is 10.0. The second-order valence-corrected chi connectivity index (χ2v) is 4.61. The Morgan fingerprint density at radius 1 is 1.40 bits per heavy atom. The second kappa shape index (κ2) is 2.58. The van der Waals surface area contributed by atoms with E-state index in [4.69, 9.17) is 0 Å². The van der Waals surface area contributed by atoms with Gasteiger partial charge in [0, 0.05) is 10.7 Å². The lowest BCUT2D eigenvalue weighted by Gasteiger charge is -2.10. The van der Waals surface area contributed by atoms with Crippen LogP contribution in [-0.4, -0.2) is 19.8 Å². The number of hydrogen-bond acceptors (Lipinski definition) is 2. The fourth-order valence-corrected chi connectivity index (χ4v) is 0.782. The van der Waals surface area contributed by atoms with E-state index in [9.17, 15) is 21.6 Å². The van der Waals surface area contributed by atoms with E-state index >= 15 is 0 Å². The van der Waals surface area contributed by atoms with Gasteiger partial charge in [-0.3, -0.25) is 0 Å². The minimum atomic E-state index is -4.78. The van der Waals surface area contributed by atoms with Gasteiger partial charge in [0.05, 0.1) is 0 Å². The molecule has 10 heavy (non-hydrogen) atoms. The molecule has 0 amide bonds. The third-order valence-electron chi connectivity index (χ3n) is 0.883. The molecule has 0 aromatic rings. The SMILES string of the molecule is C[C@@H](C(F)(F)F)S(=O)(=O)Cl. The highest BCUT2D eigenvalue weighted by molar-refractivity contribution is 8.14. The van der Waals surface area contributed by atoms with Gasteiger partial charge in [-0.05, 0) is 6.92 Å². The summed E-state index contributed by atoms with van der Waals surface area (Å²) in [6.07, 6.45) is -4.78. The van der Waals surface area contributed by atoms with Gasteiger partial charge in [0.25, 0.3) is 0 Å². The number of alkyl halides is 3. The van der Waals surface area contributed by atoms with Gasteiger partial charge in [-0.15, -0.1) is 0 Å². The summed E-state index contributed by atoms with van der Waals surface area (Å²) < 4.78 is 54.5. The average Bonchev–Trinajstić information content (AvgIpc) is 1.59. The van der Waals surface area contributed by atoms with Gasteiger partial charge in [-0.2, -0.15) is 13.2 Å². The van der Waals surface area contributed by atoms with Gasteiger partial charge in [0.2, 0.25) is 9.05 Å². The molecule has 0 unspecified atom stereocenters. The monoisotopic (exact) mass is 196 g/mol. The molecule has 7 heteroatoms. The van der Waals surface area contributed by atoms with Crippen molar-refractivity contribution in [2.75, 3.05) is 0 Å².